The van der Waals surface area contributed by atoms with E-state index >= 15 is 0 Å². The predicted molar refractivity (Wildman–Crippen MR) is 70.7 cm³/mol. The first kappa shape index (κ1) is 11.8. The van der Waals surface area contributed by atoms with E-state index in [0.717, 1.165) is 27.9 Å². The fraction of sp³-hybridized carbons (Fsp3) is 0.429. The molecule has 0 aliphatic carbocycles. The van der Waals surface area contributed by atoms with E-state index in [0.29, 0.717) is 0 Å². The van der Waals surface area contributed by atoms with Gasteiger partial charge in [0.05, 0.1) is 10.9 Å². The van der Waals surface area contributed by atoms with Crippen LogP contribution >= 0.6 is 0 Å². The second-order valence-electron chi connectivity index (χ2n) is 4.75. The minimum atomic E-state index is 0.0520. The van der Waals surface area contributed by atoms with E-state index in [2.05, 4.69) is 18.8 Å². The van der Waals surface area contributed by atoms with Gasteiger partial charge in [0, 0.05) is 7.05 Å². The van der Waals surface area contributed by atoms with Crippen molar-refractivity contribution in [3.63, 3.8) is 0 Å². The topological polar surface area (TPSA) is 34.9 Å². The average molecular weight is 230 g/mol. The molecular formula is C14H18N2O. The Morgan fingerprint density at radius 1 is 0.882 bits per heavy atom. The molecule has 3 nitrogen and oxygen atoms in total. The van der Waals surface area contributed by atoms with Crippen molar-refractivity contribution in [3.05, 3.63) is 38.4 Å². The van der Waals surface area contributed by atoms with Gasteiger partial charge >= 0.3 is 0 Å². The van der Waals surface area contributed by atoms with Crippen molar-refractivity contribution in [2.75, 3.05) is 0 Å². The molecule has 0 amide bonds. The predicted octanol–water partition coefficient (Wildman–Crippen LogP) is 2.48. The summed E-state index contributed by atoms with van der Waals surface area (Å²) in [6.45, 7) is 10.1. The molecule has 17 heavy (non-hydrogen) atoms. The Morgan fingerprint density at radius 2 is 1.41 bits per heavy atom. The van der Waals surface area contributed by atoms with Crippen molar-refractivity contribution in [3.8, 4) is 0 Å². The fourth-order valence-corrected chi connectivity index (χ4v) is 2.25. The molecular weight excluding hydrogens is 212 g/mol. The van der Waals surface area contributed by atoms with Gasteiger partial charge in [-0.25, -0.2) is 4.98 Å². The Balaban J connectivity index is 3.18. The number of hydrogen-bond acceptors (Lipinski definition) is 2. The van der Waals surface area contributed by atoms with Crippen molar-refractivity contribution in [2.45, 2.75) is 34.6 Å². The lowest BCUT2D eigenvalue weighted by Gasteiger charge is -2.14. The number of nitrogens with zero attached hydrogens (tertiary/aromatic N) is 2. The monoisotopic (exact) mass is 230 g/mol. The molecule has 0 N–H and O–H groups in total. The Kier molecular flexibility index (Phi) is 2.57. The quantitative estimate of drug-likeness (QED) is 0.697. The maximum absolute atomic E-state index is 12.3. The highest BCUT2D eigenvalue weighted by molar-refractivity contribution is 5.86. The van der Waals surface area contributed by atoms with Gasteiger partial charge in [0.25, 0.3) is 5.56 Å². The normalized spacial score (nSPS) is 11.2. The molecule has 0 bridgehead atoms. The Morgan fingerprint density at radius 3 is 2.00 bits per heavy atom. The molecule has 0 unspecified atom stereocenters. The first-order valence-electron chi connectivity index (χ1n) is 5.80. The molecule has 0 atom stereocenters. The Bertz CT molecular complexity index is 681. The van der Waals surface area contributed by atoms with Crippen LogP contribution in [0.15, 0.2) is 4.79 Å². The molecule has 2 aromatic rings. The zero-order valence-corrected chi connectivity index (χ0v) is 11.3. The van der Waals surface area contributed by atoms with Gasteiger partial charge in [-0.3, -0.25) is 9.36 Å². The van der Waals surface area contributed by atoms with Gasteiger partial charge in [-0.2, -0.15) is 0 Å². The van der Waals surface area contributed by atoms with Crippen molar-refractivity contribution in [1.82, 2.24) is 9.55 Å². The molecule has 0 fully saturated rings. The van der Waals surface area contributed by atoms with Crippen LogP contribution in [0.25, 0.3) is 10.9 Å². The van der Waals surface area contributed by atoms with Gasteiger partial charge in [0.1, 0.15) is 5.82 Å². The lowest BCUT2D eigenvalue weighted by molar-refractivity contribution is 0.790. The van der Waals surface area contributed by atoms with Crippen LogP contribution in [-0.4, -0.2) is 9.55 Å². The molecule has 2 rings (SSSR count). The van der Waals surface area contributed by atoms with E-state index in [4.69, 9.17) is 0 Å². The summed E-state index contributed by atoms with van der Waals surface area (Å²) in [5.74, 6) is 0.758. The summed E-state index contributed by atoms with van der Waals surface area (Å²) in [7, 11) is 1.77. The van der Waals surface area contributed by atoms with Gasteiger partial charge in [-0.1, -0.05) is 0 Å². The first-order chi connectivity index (χ1) is 7.86. The second-order valence-corrected chi connectivity index (χ2v) is 4.75. The maximum atomic E-state index is 12.3. The summed E-state index contributed by atoms with van der Waals surface area (Å²) in [4.78, 5) is 16.9. The molecule has 0 saturated carbocycles. The van der Waals surface area contributed by atoms with Crippen LogP contribution in [0, 0.1) is 34.6 Å². The SMILES string of the molecule is Cc1c(C)c(C)c2c(=O)n(C)c(C)nc2c1C. The highest BCUT2D eigenvalue weighted by atomic mass is 16.1. The number of hydrogen-bond donors (Lipinski definition) is 0. The lowest BCUT2D eigenvalue weighted by atomic mass is 9.95. The van der Waals surface area contributed by atoms with E-state index in [1.807, 2.05) is 20.8 Å². The van der Waals surface area contributed by atoms with Crippen LogP contribution in [0.5, 0.6) is 0 Å². The maximum Gasteiger partial charge on any atom is 0.261 e. The van der Waals surface area contributed by atoms with Gasteiger partial charge in [-0.05, 0) is 56.9 Å². The largest absolute Gasteiger partial charge is 0.299 e. The number of aryl methyl sites for hydroxylation is 3. The van der Waals surface area contributed by atoms with Crippen molar-refractivity contribution in [1.29, 1.82) is 0 Å². The van der Waals surface area contributed by atoms with E-state index < -0.39 is 0 Å². The third-order valence-corrected chi connectivity index (χ3v) is 3.93. The number of fused-ring (bicyclic) bond motifs is 1. The standard InChI is InChI=1S/C14H18N2O/c1-7-8(2)10(4)13-12(9(7)3)14(17)16(6)11(5)15-13/h1-6H3. The fourth-order valence-electron chi connectivity index (χ4n) is 2.25. The van der Waals surface area contributed by atoms with E-state index in [1.54, 1.807) is 11.6 Å². The van der Waals surface area contributed by atoms with Crippen LogP contribution in [0.3, 0.4) is 0 Å². The molecule has 1 aromatic heterocycles. The van der Waals surface area contributed by atoms with Crippen LogP contribution in [0.1, 0.15) is 28.1 Å². The zero-order valence-electron chi connectivity index (χ0n) is 11.3. The van der Waals surface area contributed by atoms with Gasteiger partial charge < -0.3 is 0 Å². The molecule has 0 aliphatic rings. The molecule has 90 valence electrons. The van der Waals surface area contributed by atoms with Crippen LogP contribution < -0.4 is 5.56 Å². The number of aromatic nitrogens is 2. The highest BCUT2D eigenvalue weighted by Gasteiger charge is 2.14. The lowest BCUT2D eigenvalue weighted by Crippen LogP contribution is -2.22. The van der Waals surface area contributed by atoms with Gasteiger partial charge in [0.15, 0.2) is 0 Å². The number of rotatable bonds is 0. The summed E-state index contributed by atoms with van der Waals surface area (Å²) in [6, 6.07) is 0. The third kappa shape index (κ3) is 1.49. The van der Waals surface area contributed by atoms with Gasteiger partial charge in [-0.15, -0.1) is 0 Å². The van der Waals surface area contributed by atoms with Crippen molar-refractivity contribution >= 4 is 10.9 Å². The van der Waals surface area contributed by atoms with Crippen LogP contribution in [0.4, 0.5) is 0 Å². The van der Waals surface area contributed by atoms with Gasteiger partial charge in [0.2, 0.25) is 0 Å². The first-order valence-corrected chi connectivity index (χ1v) is 5.80. The summed E-state index contributed by atoms with van der Waals surface area (Å²) < 4.78 is 1.61. The summed E-state index contributed by atoms with van der Waals surface area (Å²) in [5.41, 5.74) is 5.50. The Hall–Kier alpha value is -1.64. The highest BCUT2D eigenvalue weighted by Crippen LogP contribution is 2.25. The molecule has 0 spiro atoms. The van der Waals surface area contributed by atoms with Crippen LogP contribution in [0.2, 0.25) is 0 Å². The molecule has 0 saturated heterocycles. The summed E-state index contributed by atoms with van der Waals surface area (Å²) >= 11 is 0. The van der Waals surface area contributed by atoms with Crippen molar-refractivity contribution < 1.29 is 0 Å². The number of benzene rings is 1. The molecule has 3 heteroatoms. The summed E-state index contributed by atoms with van der Waals surface area (Å²) in [5, 5.41) is 0.763. The zero-order chi connectivity index (χ0) is 12.9. The minimum absolute atomic E-state index is 0.0520. The van der Waals surface area contributed by atoms with Crippen molar-refractivity contribution in [2.24, 2.45) is 7.05 Å². The summed E-state index contributed by atoms with van der Waals surface area (Å²) in [6.07, 6.45) is 0. The molecule has 1 heterocycles. The third-order valence-electron chi connectivity index (χ3n) is 3.93. The molecule has 0 radical (unpaired) electrons. The average Bonchev–Trinajstić information content (AvgIpc) is 2.30. The van der Waals surface area contributed by atoms with E-state index in [-0.39, 0.29) is 5.56 Å². The van der Waals surface area contributed by atoms with E-state index in [1.165, 1.54) is 11.1 Å². The smallest absolute Gasteiger partial charge is 0.261 e. The van der Waals surface area contributed by atoms with E-state index in [9.17, 15) is 4.79 Å². The minimum Gasteiger partial charge on any atom is -0.299 e. The molecule has 0 aliphatic heterocycles. The van der Waals surface area contributed by atoms with Crippen LogP contribution in [-0.2, 0) is 7.05 Å². The molecule has 1 aromatic carbocycles. The second kappa shape index (κ2) is 3.69. The Labute approximate surface area is 101 Å².